The molecule has 104 valence electrons. The summed E-state index contributed by atoms with van der Waals surface area (Å²) in [5, 5.41) is 7.57. The lowest BCUT2D eigenvalue weighted by atomic mass is 9.73. The Morgan fingerprint density at radius 2 is 1.72 bits per heavy atom. The van der Waals surface area contributed by atoms with Crippen molar-refractivity contribution >= 4 is 36.4 Å². The lowest BCUT2D eigenvalue weighted by Crippen LogP contribution is -2.45. The van der Waals surface area contributed by atoms with Gasteiger partial charge in [-0.25, -0.2) is 0 Å². The minimum Gasteiger partial charge on any atom is -0.319 e. The summed E-state index contributed by atoms with van der Waals surface area (Å²) < 4.78 is 0. The Kier molecular flexibility index (Phi) is 8.24. The van der Waals surface area contributed by atoms with Gasteiger partial charge in [-0.2, -0.15) is 0 Å². The third-order valence-corrected chi connectivity index (χ3v) is 3.78. The summed E-state index contributed by atoms with van der Waals surface area (Å²) in [5.74, 6) is 0. The van der Waals surface area contributed by atoms with Crippen LogP contribution < -0.4 is 10.6 Å². The zero-order valence-electron chi connectivity index (χ0n) is 10.5. The highest BCUT2D eigenvalue weighted by Crippen LogP contribution is 2.33. The highest BCUT2D eigenvalue weighted by atomic mass is 35.5. The van der Waals surface area contributed by atoms with Crippen LogP contribution in [-0.2, 0) is 5.41 Å². The maximum Gasteiger partial charge on any atom is 0.0406 e. The zero-order valence-corrected chi connectivity index (χ0v) is 12.9. The molecule has 0 atom stereocenters. The van der Waals surface area contributed by atoms with Crippen LogP contribution in [0.1, 0.15) is 18.4 Å². The van der Waals surface area contributed by atoms with Crippen LogP contribution >= 0.6 is 36.4 Å². The van der Waals surface area contributed by atoms with Gasteiger partial charge in [-0.3, -0.25) is 0 Å². The first-order valence-electron chi connectivity index (χ1n) is 5.88. The van der Waals surface area contributed by atoms with Crippen molar-refractivity contribution in [1.29, 1.82) is 0 Å². The molecule has 0 aromatic heterocycles. The standard InChI is InChI=1S/C13H19ClN2.2ClH/c1-15-10-13(6-8-16-9-7-13)11-2-4-12(14)5-3-11;;/h2-5,15-16H,6-10H2,1H3;2*1H. The topological polar surface area (TPSA) is 24.1 Å². The van der Waals surface area contributed by atoms with Crippen LogP contribution in [0, 0.1) is 0 Å². The molecule has 2 rings (SSSR count). The molecule has 1 aliphatic heterocycles. The molecule has 1 aliphatic rings. The first-order chi connectivity index (χ1) is 7.77. The van der Waals surface area contributed by atoms with Crippen LogP contribution in [0.25, 0.3) is 0 Å². The molecule has 0 spiro atoms. The summed E-state index contributed by atoms with van der Waals surface area (Å²) >= 11 is 5.95. The fourth-order valence-electron chi connectivity index (χ4n) is 2.61. The summed E-state index contributed by atoms with van der Waals surface area (Å²) in [6.07, 6.45) is 2.38. The average Bonchev–Trinajstić information content (AvgIpc) is 2.31. The van der Waals surface area contributed by atoms with Gasteiger partial charge in [-0.05, 0) is 50.7 Å². The van der Waals surface area contributed by atoms with Crippen molar-refractivity contribution in [1.82, 2.24) is 10.6 Å². The van der Waals surface area contributed by atoms with Crippen LogP contribution in [0.4, 0.5) is 0 Å². The SMILES string of the molecule is CNCC1(c2ccc(Cl)cc2)CCNCC1.Cl.Cl. The summed E-state index contributed by atoms with van der Waals surface area (Å²) in [6.45, 7) is 3.24. The molecule has 1 heterocycles. The molecule has 0 bridgehead atoms. The Balaban J connectivity index is 0.00000144. The number of piperidine rings is 1. The molecular formula is C13H21Cl3N2. The number of likely N-dealkylation sites (N-methyl/N-ethyl adjacent to an activating group) is 1. The summed E-state index contributed by atoms with van der Waals surface area (Å²) in [7, 11) is 2.03. The van der Waals surface area contributed by atoms with Gasteiger partial charge in [0, 0.05) is 17.0 Å². The van der Waals surface area contributed by atoms with Gasteiger partial charge in [0.1, 0.15) is 0 Å². The normalized spacial score (nSPS) is 17.4. The highest BCUT2D eigenvalue weighted by molar-refractivity contribution is 6.30. The second-order valence-electron chi connectivity index (χ2n) is 4.57. The molecule has 1 aromatic rings. The third kappa shape index (κ3) is 4.01. The van der Waals surface area contributed by atoms with Gasteiger partial charge >= 0.3 is 0 Å². The molecular weight excluding hydrogens is 291 g/mol. The Morgan fingerprint density at radius 3 is 2.22 bits per heavy atom. The predicted octanol–water partition coefficient (Wildman–Crippen LogP) is 3.02. The Bertz CT molecular complexity index is 329. The molecule has 1 fully saturated rings. The van der Waals surface area contributed by atoms with Gasteiger partial charge in [0.15, 0.2) is 0 Å². The Labute approximate surface area is 127 Å². The molecule has 0 unspecified atom stereocenters. The van der Waals surface area contributed by atoms with Gasteiger partial charge in [-0.15, -0.1) is 24.8 Å². The minimum absolute atomic E-state index is 0. The fraction of sp³-hybridized carbons (Fsp3) is 0.538. The van der Waals surface area contributed by atoms with E-state index in [2.05, 4.69) is 22.8 Å². The zero-order chi connectivity index (χ0) is 11.4. The van der Waals surface area contributed by atoms with Crippen molar-refractivity contribution in [2.75, 3.05) is 26.7 Å². The smallest absolute Gasteiger partial charge is 0.0406 e. The van der Waals surface area contributed by atoms with Crippen molar-refractivity contribution in [3.8, 4) is 0 Å². The number of hydrogen-bond acceptors (Lipinski definition) is 2. The first kappa shape index (κ1) is 18.0. The van der Waals surface area contributed by atoms with Crippen LogP contribution in [0.3, 0.4) is 0 Å². The average molecular weight is 312 g/mol. The van der Waals surface area contributed by atoms with E-state index in [4.69, 9.17) is 11.6 Å². The second-order valence-corrected chi connectivity index (χ2v) is 5.00. The van der Waals surface area contributed by atoms with Crippen molar-refractivity contribution < 1.29 is 0 Å². The van der Waals surface area contributed by atoms with Crippen LogP contribution in [0.5, 0.6) is 0 Å². The quantitative estimate of drug-likeness (QED) is 0.896. The molecule has 1 aromatic carbocycles. The van der Waals surface area contributed by atoms with E-state index in [0.29, 0.717) is 0 Å². The predicted molar refractivity (Wildman–Crippen MR) is 83.7 cm³/mol. The summed E-state index contributed by atoms with van der Waals surface area (Å²) in [5.41, 5.74) is 1.69. The van der Waals surface area contributed by atoms with Crippen LogP contribution in [0.2, 0.25) is 5.02 Å². The van der Waals surface area contributed by atoms with Gasteiger partial charge in [-0.1, -0.05) is 23.7 Å². The maximum atomic E-state index is 5.95. The molecule has 0 saturated carbocycles. The molecule has 1 saturated heterocycles. The van der Waals surface area contributed by atoms with Crippen LogP contribution in [0.15, 0.2) is 24.3 Å². The summed E-state index contributed by atoms with van der Waals surface area (Å²) in [4.78, 5) is 0. The number of rotatable bonds is 3. The molecule has 18 heavy (non-hydrogen) atoms. The molecule has 0 amide bonds. The van der Waals surface area contributed by atoms with Gasteiger partial charge in [0.2, 0.25) is 0 Å². The number of benzene rings is 1. The van der Waals surface area contributed by atoms with Crippen molar-refractivity contribution in [3.63, 3.8) is 0 Å². The van der Waals surface area contributed by atoms with Gasteiger partial charge in [0.25, 0.3) is 0 Å². The minimum atomic E-state index is 0. The monoisotopic (exact) mass is 310 g/mol. The number of nitrogens with one attached hydrogen (secondary N) is 2. The van der Waals surface area contributed by atoms with E-state index in [0.717, 1.165) is 24.7 Å². The summed E-state index contributed by atoms with van der Waals surface area (Å²) in [6, 6.07) is 8.34. The van der Waals surface area contributed by atoms with Gasteiger partial charge < -0.3 is 10.6 Å². The molecule has 2 N–H and O–H groups in total. The van der Waals surface area contributed by atoms with Gasteiger partial charge in [0.05, 0.1) is 0 Å². The van der Waals surface area contributed by atoms with Crippen LogP contribution in [-0.4, -0.2) is 26.7 Å². The van der Waals surface area contributed by atoms with E-state index in [1.165, 1.54) is 18.4 Å². The lowest BCUT2D eigenvalue weighted by molar-refractivity contribution is 0.300. The maximum absolute atomic E-state index is 5.95. The highest BCUT2D eigenvalue weighted by Gasteiger charge is 2.32. The van der Waals surface area contributed by atoms with E-state index in [9.17, 15) is 0 Å². The largest absolute Gasteiger partial charge is 0.319 e. The van der Waals surface area contributed by atoms with E-state index >= 15 is 0 Å². The second kappa shape index (κ2) is 8.23. The lowest BCUT2D eigenvalue weighted by Gasteiger charge is -2.38. The van der Waals surface area contributed by atoms with Crippen molar-refractivity contribution in [2.24, 2.45) is 0 Å². The number of hydrogen-bond donors (Lipinski definition) is 2. The number of halogens is 3. The molecule has 2 nitrogen and oxygen atoms in total. The van der Waals surface area contributed by atoms with Crippen molar-refractivity contribution in [2.45, 2.75) is 18.3 Å². The fourth-order valence-corrected chi connectivity index (χ4v) is 2.74. The molecule has 0 aliphatic carbocycles. The third-order valence-electron chi connectivity index (χ3n) is 3.53. The molecule has 5 heteroatoms. The molecule has 0 radical (unpaired) electrons. The first-order valence-corrected chi connectivity index (χ1v) is 6.26. The van der Waals surface area contributed by atoms with Crippen molar-refractivity contribution in [3.05, 3.63) is 34.9 Å². The Morgan fingerprint density at radius 1 is 1.17 bits per heavy atom. The van der Waals surface area contributed by atoms with E-state index in [1.807, 2.05) is 19.2 Å². The Hall–Kier alpha value is 0.01000. The van der Waals surface area contributed by atoms with E-state index in [1.54, 1.807) is 0 Å². The van der Waals surface area contributed by atoms with E-state index < -0.39 is 0 Å². The van der Waals surface area contributed by atoms with E-state index in [-0.39, 0.29) is 30.2 Å².